The van der Waals surface area contributed by atoms with Crippen molar-refractivity contribution in [2.75, 3.05) is 76.5 Å². The number of anilines is 2. The third kappa shape index (κ3) is 5.98. The molecule has 1 amide bonds. The van der Waals surface area contributed by atoms with Crippen molar-refractivity contribution in [3.8, 4) is 11.5 Å². The molecule has 1 aromatic heterocycles. The van der Waals surface area contributed by atoms with Gasteiger partial charge in [-0.1, -0.05) is 11.3 Å². The highest BCUT2D eigenvalue weighted by atomic mass is 32.1. The average Bonchev–Trinajstić information content (AvgIpc) is 3.44. The molecule has 11 nitrogen and oxygen atoms in total. The van der Waals surface area contributed by atoms with Crippen LogP contribution in [0.15, 0.2) is 30.3 Å². The molecule has 2 aromatic carbocycles. The first-order valence-electron chi connectivity index (χ1n) is 13.7. The fraction of sp³-hybridized carbons (Fsp3) is 0.500. The maximum atomic E-state index is 14.0. The van der Waals surface area contributed by atoms with Crippen LogP contribution >= 0.6 is 11.3 Å². The Bertz CT molecular complexity index is 1310. The lowest BCUT2D eigenvalue weighted by molar-refractivity contribution is -0.384. The number of morpholine rings is 1. The summed E-state index contributed by atoms with van der Waals surface area (Å²) in [5.41, 5.74) is 1.39. The van der Waals surface area contributed by atoms with Crippen molar-refractivity contribution in [3.63, 3.8) is 0 Å². The van der Waals surface area contributed by atoms with Gasteiger partial charge in [-0.05, 0) is 49.9 Å². The Balaban J connectivity index is 1.48. The van der Waals surface area contributed by atoms with Crippen molar-refractivity contribution in [1.29, 1.82) is 0 Å². The van der Waals surface area contributed by atoms with E-state index in [1.54, 1.807) is 37.3 Å². The van der Waals surface area contributed by atoms with Crippen LogP contribution in [0.2, 0.25) is 0 Å². The molecule has 0 radical (unpaired) electrons. The molecule has 0 spiro atoms. The van der Waals surface area contributed by atoms with Crippen molar-refractivity contribution < 1.29 is 23.9 Å². The quantitative estimate of drug-likeness (QED) is 0.256. The molecule has 0 atom stereocenters. The second-order valence-electron chi connectivity index (χ2n) is 9.92. The van der Waals surface area contributed by atoms with Crippen LogP contribution < -0.4 is 19.3 Å². The molecular formula is C28H35N5O6S. The van der Waals surface area contributed by atoms with E-state index in [9.17, 15) is 14.9 Å². The molecule has 2 aliphatic heterocycles. The van der Waals surface area contributed by atoms with E-state index in [4.69, 9.17) is 19.2 Å². The molecule has 5 rings (SSSR count). The maximum absolute atomic E-state index is 14.0. The van der Waals surface area contributed by atoms with E-state index in [0.717, 1.165) is 56.7 Å². The Morgan fingerprint density at radius 2 is 1.80 bits per heavy atom. The van der Waals surface area contributed by atoms with Crippen molar-refractivity contribution in [2.24, 2.45) is 0 Å². The first-order chi connectivity index (χ1) is 19.5. The molecular weight excluding hydrogens is 534 g/mol. The summed E-state index contributed by atoms with van der Waals surface area (Å²) in [4.78, 5) is 36.5. The van der Waals surface area contributed by atoms with Gasteiger partial charge < -0.3 is 19.1 Å². The number of aromatic nitrogens is 1. The van der Waals surface area contributed by atoms with E-state index < -0.39 is 4.92 Å². The number of thiazole rings is 1. The summed E-state index contributed by atoms with van der Waals surface area (Å²) in [6, 6.07) is 8.43. The molecule has 2 aliphatic rings. The van der Waals surface area contributed by atoms with Gasteiger partial charge in [-0.3, -0.25) is 24.7 Å². The van der Waals surface area contributed by atoms with E-state index in [1.807, 2.05) is 11.0 Å². The lowest BCUT2D eigenvalue weighted by Gasteiger charge is -2.29. The van der Waals surface area contributed by atoms with Gasteiger partial charge in [-0.15, -0.1) is 0 Å². The third-order valence-corrected chi connectivity index (χ3v) is 8.54. The molecule has 40 heavy (non-hydrogen) atoms. The Morgan fingerprint density at radius 3 is 2.50 bits per heavy atom. The van der Waals surface area contributed by atoms with Crippen LogP contribution in [0.3, 0.4) is 0 Å². The van der Waals surface area contributed by atoms with Gasteiger partial charge >= 0.3 is 0 Å². The smallest absolute Gasteiger partial charge is 0.293 e. The minimum Gasteiger partial charge on any atom is -0.495 e. The number of nitro benzene ring substituents is 1. The highest BCUT2D eigenvalue weighted by Crippen LogP contribution is 2.41. The van der Waals surface area contributed by atoms with Crippen LogP contribution in [-0.2, 0) is 4.74 Å². The fourth-order valence-electron chi connectivity index (χ4n) is 5.31. The average molecular weight is 570 g/mol. The molecule has 12 heteroatoms. The minimum atomic E-state index is -0.392. The van der Waals surface area contributed by atoms with Gasteiger partial charge in [0.15, 0.2) is 5.13 Å². The Labute approximate surface area is 237 Å². The van der Waals surface area contributed by atoms with E-state index in [0.29, 0.717) is 54.0 Å². The van der Waals surface area contributed by atoms with Crippen LogP contribution in [0.5, 0.6) is 11.5 Å². The van der Waals surface area contributed by atoms with Crippen molar-refractivity contribution in [3.05, 3.63) is 46.0 Å². The Hall–Kier alpha value is -3.48. The number of fused-ring (bicyclic) bond motifs is 1. The lowest BCUT2D eigenvalue weighted by Crippen LogP contribution is -2.39. The van der Waals surface area contributed by atoms with Gasteiger partial charge in [-0.25, -0.2) is 4.98 Å². The van der Waals surface area contributed by atoms with Crippen LogP contribution in [0.4, 0.5) is 16.5 Å². The third-order valence-electron chi connectivity index (χ3n) is 7.45. The number of nitro groups is 1. The highest BCUT2D eigenvalue weighted by molar-refractivity contribution is 7.22. The predicted octanol–water partition coefficient (Wildman–Crippen LogP) is 4.58. The van der Waals surface area contributed by atoms with Crippen LogP contribution in [-0.4, -0.2) is 87.4 Å². The fourth-order valence-corrected chi connectivity index (χ4v) is 6.41. The summed E-state index contributed by atoms with van der Waals surface area (Å²) < 4.78 is 17.3. The standard InChI is InChI=1S/C28H35N5O6S/c1-37-23-9-10-24(38-2)26-25(23)29-28(40-26)32(14-6-11-30-15-17-39-18-16-30)27(34)20-7-8-21(22(19-20)33(35)36)31-12-4-3-5-13-31/h7-10,19H,3-6,11-18H2,1-2H3. The number of hydrogen-bond donors (Lipinski definition) is 0. The number of ether oxygens (including phenoxy) is 3. The molecule has 0 saturated carbocycles. The van der Waals surface area contributed by atoms with Crippen molar-refractivity contribution in [1.82, 2.24) is 9.88 Å². The summed E-state index contributed by atoms with van der Waals surface area (Å²) in [5.74, 6) is 0.898. The number of carbonyl (C=O) groups excluding carboxylic acids is 1. The monoisotopic (exact) mass is 569 g/mol. The number of amides is 1. The van der Waals surface area contributed by atoms with Gasteiger partial charge in [0.25, 0.3) is 11.6 Å². The van der Waals surface area contributed by atoms with Gasteiger partial charge in [0, 0.05) is 50.9 Å². The van der Waals surface area contributed by atoms with Crippen molar-refractivity contribution in [2.45, 2.75) is 25.7 Å². The number of methoxy groups -OCH3 is 2. The van der Waals surface area contributed by atoms with Crippen LogP contribution in [0.1, 0.15) is 36.0 Å². The number of nitrogens with zero attached hydrogens (tertiary/aromatic N) is 5. The van der Waals surface area contributed by atoms with E-state index >= 15 is 0 Å². The van der Waals surface area contributed by atoms with Crippen LogP contribution in [0, 0.1) is 10.1 Å². The SMILES string of the molecule is COc1ccc(OC)c2sc(N(CCCN3CCOCC3)C(=O)c3ccc(N4CCCCC4)c([N+](=O)[O-])c3)nc12. The van der Waals surface area contributed by atoms with Gasteiger partial charge in [0.1, 0.15) is 27.4 Å². The zero-order chi connectivity index (χ0) is 28.1. The highest BCUT2D eigenvalue weighted by Gasteiger charge is 2.28. The number of benzene rings is 2. The molecule has 0 unspecified atom stereocenters. The molecule has 0 aliphatic carbocycles. The second kappa shape index (κ2) is 12.8. The van der Waals surface area contributed by atoms with Gasteiger partial charge in [-0.2, -0.15) is 0 Å². The molecule has 0 N–H and O–H groups in total. The first-order valence-corrected chi connectivity index (χ1v) is 14.5. The number of rotatable bonds is 10. The Kier molecular flexibility index (Phi) is 8.98. The topological polar surface area (TPSA) is 111 Å². The van der Waals surface area contributed by atoms with Gasteiger partial charge in [0.2, 0.25) is 0 Å². The zero-order valence-electron chi connectivity index (χ0n) is 23.0. The summed E-state index contributed by atoms with van der Waals surface area (Å²) in [7, 11) is 3.17. The molecule has 3 heterocycles. The molecule has 3 aromatic rings. The molecule has 2 saturated heterocycles. The molecule has 214 valence electrons. The number of piperidine rings is 1. The lowest BCUT2D eigenvalue weighted by atomic mass is 10.1. The zero-order valence-corrected chi connectivity index (χ0v) is 23.8. The molecule has 0 bridgehead atoms. The summed E-state index contributed by atoms with van der Waals surface area (Å²) in [6.45, 7) is 5.87. The largest absolute Gasteiger partial charge is 0.495 e. The normalized spacial score (nSPS) is 16.2. The molecule has 2 fully saturated rings. The van der Waals surface area contributed by atoms with E-state index in [2.05, 4.69) is 4.90 Å². The number of carbonyl (C=O) groups is 1. The number of hydrogen-bond acceptors (Lipinski definition) is 10. The van der Waals surface area contributed by atoms with Gasteiger partial charge in [0.05, 0.1) is 32.4 Å². The maximum Gasteiger partial charge on any atom is 0.293 e. The van der Waals surface area contributed by atoms with E-state index in [-0.39, 0.29) is 17.2 Å². The summed E-state index contributed by atoms with van der Waals surface area (Å²) >= 11 is 1.34. The minimum absolute atomic E-state index is 0.0475. The summed E-state index contributed by atoms with van der Waals surface area (Å²) in [6.07, 6.45) is 3.83. The van der Waals surface area contributed by atoms with Crippen LogP contribution in [0.25, 0.3) is 10.2 Å². The Morgan fingerprint density at radius 1 is 1.07 bits per heavy atom. The van der Waals surface area contributed by atoms with Crippen molar-refractivity contribution >= 4 is 44.0 Å². The predicted molar refractivity (Wildman–Crippen MR) is 155 cm³/mol. The first kappa shape index (κ1) is 28.1. The summed E-state index contributed by atoms with van der Waals surface area (Å²) in [5, 5.41) is 12.6. The second-order valence-corrected chi connectivity index (χ2v) is 10.9. The van der Waals surface area contributed by atoms with E-state index in [1.165, 1.54) is 17.4 Å².